The van der Waals surface area contributed by atoms with Crippen LogP contribution in [0.15, 0.2) is 45.0 Å². The third kappa shape index (κ3) is 3.48. The third-order valence-corrected chi connectivity index (χ3v) is 4.72. The molecule has 19 heavy (non-hydrogen) atoms. The summed E-state index contributed by atoms with van der Waals surface area (Å²) >= 11 is 5.24. The number of benzene rings is 1. The summed E-state index contributed by atoms with van der Waals surface area (Å²) in [7, 11) is 0. The van der Waals surface area contributed by atoms with Crippen molar-refractivity contribution in [1.82, 2.24) is 9.97 Å². The lowest BCUT2D eigenvalue weighted by molar-refractivity contribution is 0.937. The normalized spacial score (nSPS) is 10.5. The van der Waals surface area contributed by atoms with Crippen LogP contribution in [0.2, 0.25) is 0 Å². The van der Waals surface area contributed by atoms with Crippen LogP contribution in [0.1, 0.15) is 19.4 Å². The molecule has 1 N–H and O–H groups in total. The Hall–Kier alpha value is -1.07. The Morgan fingerprint density at radius 3 is 2.68 bits per heavy atom. The molecule has 0 atom stereocenters. The van der Waals surface area contributed by atoms with Gasteiger partial charge in [0.15, 0.2) is 0 Å². The van der Waals surface area contributed by atoms with E-state index in [-0.39, 0.29) is 0 Å². The maximum Gasteiger partial charge on any atom is 0.133 e. The molecule has 0 amide bonds. The first-order valence-electron chi connectivity index (χ1n) is 6.26. The molecule has 0 unspecified atom stereocenters. The van der Waals surface area contributed by atoms with Crippen molar-refractivity contribution in [2.45, 2.75) is 30.2 Å². The second-order valence-corrected chi connectivity index (χ2v) is 5.81. The maximum absolute atomic E-state index is 4.42. The Morgan fingerprint density at radius 2 is 2.00 bits per heavy atom. The van der Waals surface area contributed by atoms with Gasteiger partial charge in [-0.3, -0.25) is 0 Å². The Kier molecular flexibility index (Phi) is 5.22. The topological polar surface area (TPSA) is 37.8 Å². The summed E-state index contributed by atoms with van der Waals surface area (Å²) in [5.74, 6) is 0.939. The lowest BCUT2D eigenvalue weighted by Crippen LogP contribution is -2.05. The van der Waals surface area contributed by atoms with Gasteiger partial charge in [-0.15, -0.1) is 0 Å². The number of nitrogens with one attached hydrogen (secondary N) is 1. The first kappa shape index (κ1) is 14.3. The van der Waals surface area contributed by atoms with Crippen molar-refractivity contribution in [2.75, 3.05) is 11.9 Å². The number of anilines is 1. The highest BCUT2D eigenvalue weighted by molar-refractivity contribution is 9.10. The molecule has 1 aromatic carbocycles. The minimum atomic E-state index is 0.864. The number of halogens is 1. The van der Waals surface area contributed by atoms with E-state index in [0.29, 0.717) is 0 Å². The minimum absolute atomic E-state index is 0.864. The molecule has 0 saturated carbocycles. The van der Waals surface area contributed by atoms with Gasteiger partial charge >= 0.3 is 0 Å². The number of nitrogens with zero attached hydrogens (tertiary/aromatic N) is 2. The van der Waals surface area contributed by atoms with Gasteiger partial charge in [0.05, 0.1) is 0 Å². The molecule has 0 fully saturated rings. The van der Waals surface area contributed by atoms with Crippen LogP contribution in [0.25, 0.3) is 0 Å². The minimum Gasteiger partial charge on any atom is -0.370 e. The van der Waals surface area contributed by atoms with Crippen molar-refractivity contribution in [3.8, 4) is 0 Å². The Labute approximate surface area is 126 Å². The average molecular weight is 338 g/mol. The molecule has 2 rings (SSSR count). The zero-order valence-electron chi connectivity index (χ0n) is 11.0. The zero-order chi connectivity index (χ0) is 13.7. The molecule has 3 nitrogen and oxygen atoms in total. The smallest absolute Gasteiger partial charge is 0.133 e. The standard InChI is InChI=1S/C14H16BrN3S/c1-3-10-13(16-4-2)17-9-18-14(10)19-12-8-6-5-7-11(12)15/h5-9H,3-4H2,1-2H3,(H,16,17,18). The van der Waals surface area contributed by atoms with Crippen molar-refractivity contribution in [3.05, 3.63) is 40.6 Å². The molecular formula is C14H16BrN3S. The van der Waals surface area contributed by atoms with Crippen LogP contribution < -0.4 is 5.32 Å². The fraction of sp³-hybridized carbons (Fsp3) is 0.286. The van der Waals surface area contributed by atoms with Crippen LogP contribution in [-0.4, -0.2) is 16.5 Å². The predicted octanol–water partition coefficient (Wildman–Crippen LogP) is 4.38. The molecule has 0 aliphatic rings. The monoisotopic (exact) mass is 337 g/mol. The average Bonchev–Trinajstić information content (AvgIpc) is 2.42. The highest BCUT2D eigenvalue weighted by Gasteiger charge is 2.11. The molecular weight excluding hydrogens is 322 g/mol. The second-order valence-electron chi connectivity index (χ2n) is 3.92. The summed E-state index contributed by atoms with van der Waals surface area (Å²) in [6.07, 6.45) is 2.53. The molecule has 0 aliphatic carbocycles. The van der Waals surface area contributed by atoms with Crippen LogP contribution in [0, 0.1) is 0 Å². The summed E-state index contributed by atoms with van der Waals surface area (Å²) in [6.45, 7) is 5.06. The van der Waals surface area contributed by atoms with E-state index in [2.05, 4.69) is 51.1 Å². The van der Waals surface area contributed by atoms with Crippen molar-refractivity contribution in [3.63, 3.8) is 0 Å². The van der Waals surface area contributed by atoms with Gasteiger partial charge in [-0.05, 0) is 41.4 Å². The first-order valence-corrected chi connectivity index (χ1v) is 7.87. The highest BCUT2D eigenvalue weighted by atomic mass is 79.9. The SMILES string of the molecule is CCNc1ncnc(Sc2ccccc2Br)c1CC. The van der Waals surface area contributed by atoms with Crippen LogP contribution in [0.3, 0.4) is 0 Å². The van der Waals surface area contributed by atoms with E-state index >= 15 is 0 Å². The van der Waals surface area contributed by atoms with Crippen molar-refractivity contribution < 1.29 is 0 Å². The van der Waals surface area contributed by atoms with Gasteiger partial charge in [0.2, 0.25) is 0 Å². The van der Waals surface area contributed by atoms with Gasteiger partial charge in [-0.1, -0.05) is 30.8 Å². The second kappa shape index (κ2) is 6.91. The van der Waals surface area contributed by atoms with Gasteiger partial charge in [0.25, 0.3) is 0 Å². The summed E-state index contributed by atoms with van der Waals surface area (Å²) in [5.41, 5.74) is 1.17. The van der Waals surface area contributed by atoms with Gasteiger partial charge in [0, 0.05) is 21.5 Å². The molecule has 0 spiro atoms. The maximum atomic E-state index is 4.42. The number of rotatable bonds is 5. The van der Waals surface area contributed by atoms with E-state index in [1.807, 2.05) is 18.2 Å². The van der Waals surface area contributed by atoms with E-state index in [9.17, 15) is 0 Å². The van der Waals surface area contributed by atoms with Gasteiger partial charge in [0.1, 0.15) is 17.2 Å². The molecule has 0 aliphatic heterocycles. The fourth-order valence-electron chi connectivity index (χ4n) is 1.75. The molecule has 1 heterocycles. The Bertz CT molecular complexity index is 560. The largest absolute Gasteiger partial charge is 0.370 e. The predicted molar refractivity (Wildman–Crippen MR) is 83.8 cm³/mol. The van der Waals surface area contributed by atoms with Crippen molar-refractivity contribution in [1.29, 1.82) is 0 Å². The van der Waals surface area contributed by atoms with Crippen LogP contribution in [0.5, 0.6) is 0 Å². The lowest BCUT2D eigenvalue weighted by atomic mass is 10.2. The number of hydrogen-bond acceptors (Lipinski definition) is 4. The van der Waals surface area contributed by atoms with Crippen molar-refractivity contribution in [2.24, 2.45) is 0 Å². The number of hydrogen-bond donors (Lipinski definition) is 1. The van der Waals surface area contributed by atoms with Crippen LogP contribution >= 0.6 is 27.7 Å². The summed E-state index contributed by atoms with van der Waals surface area (Å²) in [4.78, 5) is 9.90. The summed E-state index contributed by atoms with van der Waals surface area (Å²) in [6, 6.07) is 8.17. The summed E-state index contributed by atoms with van der Waals surface area (Å²) in [5, 5.41) is 4.31. The van der Waals surface area contributed by atoms with E-state index < -0.39 is 0 Å². The highest BCUT2D eigenvalue weighted by Crippen LogP contribution is 2.35. The summed E-state index contributed by atoms with van der Waals surface area (Å²) < 4.78 is 1.09. The Balaban J connectivity index is 2.35. The Morgan fingerprint density at radius 1 is 1.21 bits per heavy atom. The third-order valence-electron chi connectivity index (χ3n) is 2.65. The molecule has 5 heteroatoms. The molecule has 0 radical (unpaired) electrons. The molecule has 1 aromatic heterocycles. The zero-order valence-corrected chi connectivity index (χ0v) is 13.4. The van der Waals surface area contributed by atoms with E-state index in [1.54, 1.807) is 18.1 Å². The van der Waals surface area contributed by atoms with Gasteiger partial charge in [-0.2, -0.15) is 0 Å². The molecule has 0 saturated heterocycles. The lowest BCUT2D eigenvalue weighted by Gasteiger charge is -2.12. The molecule has 2 aromatic rings. The van der Waals surface area contributed by atoms with Crippen LogP contribution in [0.4, 0.5) is 5.82 Å². The quantitative estimate of drug-likeness (QED) is 0.821. The van der Waals surface area contributed by atoms with Gasteiger partial charge < -0.3 is 5.32 Å². The molecule has 100 valence electrons. The number of aromatic nitrogens is 2. The van der Waals surface area contributed by atoms with Crippen LogP contribution in [-0.2, 0) is 6.42 Å². The van der Waals surface area contributed by atoms with E-state index in [1.165, 1.54) is 10.5 Å². The first-order chi connectivity index (χ1) is 9.26. The van der Waals surface area contributed by atoms with E-state index in [0.717, 1.165) is 28.3 Å². The fourth-order valence-corrected chi connectivity index (χ4v) is 3.27. The van der Waals surface area contributed by atoms with Crippen molar-refractivity contribution >= 4 is 33.5 Å². The van der Waals surface area contributed by atoms with E-state index in [4.69, 9.17) is 0 Å². The van der Waals surface area contributed by atoms with Gasteiger partial charge in [-0.25, -0.2) is 9.97 Å². The molecule has 0 bridgehead atoms.